The average Bonchev–Trinajstić information content (AvgIpc) is 2.50. The van der Waals surface area contributed by atoms with E-state index in [1.54, 1.807) is 0 Å². The first-order valence-corrected chi connectivity index (χ1v) is 6.97. The van der Waals surface area contributed by atoms with Crippen molar-refractivity contribution in [3.05, 3.63) is 42.5 Å². The third kappa shape index (κ3) is 6.95. The zero-order chi connectivity index (χ0) is 14.6. The highest BCUT2D eigenvalue weighted by molar-refractivity contribution is 5.81. The predicted octanol–water partition coefficient (Wildman–Crippen LogP) is 2.81. The average molecular weight is 277 g/mol. The van der Waals surface area contributed by atoms with Crippen LogP contribution in [0.3, 0.4) is 0 Å². The lowest BCUT2D eigenvalue weighted by Gasteiger charge is -2.07. The first kappa shape index (κ1) is 16.2. The number of nitrogens with two attached hydrogens (primary N) is 1. The Hall–Kier alpha value is -1.81. The highest BCUT2D eigenvalue weighted by atomic mass is 16.5. The van der Waals surface area contributed by atoms with Gasteiger partial charge in [-0.2, -0.15) is 0 Å². The monoisotopic (exact) mass is 277 g/mol. The molecule has 0 spiro atoms. The van der Waals surface area contributed by atoms with Crippen LogP contribution in [0.1, 0.15) is 31.2 Å². The van der Waals surface area contributed by atoms with Crippen molar-refractivity contribution in [3.8, 4) is 5.75 Å². The fourth-order valence-corrected chi connectivity index (χ4v) is 1.70. The highest BCUT2D eigenvalue weighted by Gasteiger charge is 1.97. The number of rotatable bonds is 10. The second-order valence-corrected chi connectivity index (χ2v) is 4.48. The largest absolute Gasteiger partial charge is 0.494 e. The second kappa shape index (κ2) is 10.0. The molecule has 0 aromatic heterocycles. The van der Waals surface area contributed by atoms with E-state index in [9.17, 15) is 4.79 Å². The van der Waals surface area contributed by atoms with Crippen molar-refractivity contribution in [2.24, 2.45) is 5.73 Å². The van der Waals surface area contributed by atoms with E-state index in [4.69, 9.17) is 15.2 Å². The van der Waals surface area contributed by atoms with Crippen LogP contribution >= 0.6 is 0 Å². The predicted molar refractivity (Wildman–Crippen MR) is 79.5 cm³/mol. The molecule has 110 valence electrons. The summed E-state index contributed by atoms with van der Waals surface area (Å²) in [7, 11) is 0. The zero-order valence-electron chi connectivity index (χ0n) is 11.8. The van der Waals surface area contributed by atoms with Gasteiger partial charge in [0.1, 0.15) is 5.75 Å². The SMILES string of the molecule is C=CC(=O)OCCCCCCOc1ccc(CN)cc1. The van der Waals surface area contributed by atoms with Crippen molar-refractivity contribution in [3.63, 3.8) is 0 Å². The van der Waals surface area contributed by atoms with Gasteiger partial charge in [0.2, 0.25) is 0 Å². The molecular formula is C16H23NO3. The van der Waals surface area contributed by atoms with Gasteiger partial charge in [-0.3, -0.25) is 0 Å². The van der Waals surface area contributed by atoms with Crippen LogP contribution in [-0.4, -0.2) is 19.2 Å². The van der Waals surface area contributed by atoms with Crippen LogP contribution in [0.2, 0.25) is 0 Å². The Morgan fingerprint density at radius 2 is 1.75 bits per heavy atom. The van der Waals surface area contributed by atoms with Gasteiger partial charge in [0.25, 0.3) is 0 Å². The molecule has 0 aliphatic rings. The molecule has 0 heterocycles. The Morgan fingerprint density at radius 1 is 1.10 bits per heavy atom. The van der Waals surface area contributed by atoms with E-state index in [0.29, 0.717) is 19.8 Å². The summed E-state index contributed by atoms with van der Waals surface area (Å²) in [4.78, 5) is 10.8. The molecule has 1 aromatic rings. The van der Waals surface area contributed by atoms with E-state index >= 15 is 0 Å². The molecule has 1 aromatic carbocycles. The van der Waals surface area contributed by atoms with Gasteiger partial charge in [-0.15, -0.1) is 0 Å². The van der Waals surface area contributed by atoms with Crippen molar-refractivity contribution < 1.29 is 14.3 Å². The van der Waals surface area contributed by atoms with Gasteiger partial charge in [0, 0.05) is 12.6 Å². The lowest BCUT2D eigenvalue weighted by molar-refractivity contribution is -0.137. The Kier molecular flexibility index (Phi) is 8.15. The molecule has 2 N–H and O–H groups in total. The maximum Gasteiger partial charge on any atom is 0.330 e. The molecule has 0 radical (unpaired) electrons. The van der Waals surface area contributed by atoms with Crippen LogP contribution in [-0.2, 0) is 16.1 Å². The molecular weight excluding hydrogens is 254 g/mol. The molecule has 0 aliphatic carbocycles. The van der Waals surface area contributed by atoms with Crippen LogP contribution in [0.15, 0.2) is 36.9 Å². The van der Waals surface area contributed by atoms with Crippen LogP contribution < -0.4 is 10.5 Å². The van der Waals surface area contributed by atoms with E-state index in [1.165, 1.54) is 6.08 Å². The number of esters is 1. The second-order valence-electron chi connectivity index (χ2n) is 4.48. The first-order chi connectivity index (χ1) is 9.76. The first-order valence-electron chi connectivity index (χ1n) is 6.97. The van der Waals surface area contributed by atoms with Crippen molar-refractivity contribution in [1.82, 2.24) is 0 Å². The summed E-state index contributed by atoms with van der Waals surface area (Å²) in [5.41, 5.74) is 6.63. The van der Waals surface area contributed by atoms with Gasteiger partial charge in [0.05, 0.1) is 13.2 Å². The van der Waals surface area contributed by atoms with E-state index in [0.717, 1.165) is 37.0 Å². The molecule has 0 saturated carbocycles. The molecule has 20 heavy (non-hydrogen) atoms. The molecule has 0 bridgehead atoms. The van der Waals surface area contributed by atoms with E-state index in [1.807, 2.05) is 24.3 Å². The lowest BCUT2D eigenvalue weighted by Crippen LogP contribution is -2.02. The lowest BCUT2D eigenvalue weighted by atomic mass is 10.2. The molecule has 0 saturated heterocycles. The van der Waals surface area contributed by atoms with E-state index in [-0.39, 0.29) is 5.97 Å². The van der Waals surface area contributed by atoms with Gasteiger partial charge in [-0.25, -0.2) is 4.79 Å². The van der Waals surface area contributed by atoms with E-state index < -0.39 is 0 Å². The minimum absolute atomic E-state index is 0.353. The molecule has 1 rings (SSSR count). The number of unbranched alkanes of at least 4 members (excludes halogenated alkanes) is 3. The number of carbonyl (C=O) groups is 1. The summed E-state index contributed by atoms with van der Waals surface area (Å²) in [5, 5.41) is 0. The molecule has 0 atom stereocenters. The van der Waals surface area contributed by atoms with E-state index in [2.05, 4.69) is 6.58 Å². The molecule has 0 unspecified atom stereocenters. The maximum atomic E-state index is 10.8. The van der Waals surface area contributed by atoms with Crippen molar-refractivity contribution in [2.75, 3.05) is 13.2 Å². The summed E-state index contributed by atoms with van der Waals surface area (Å²) in [5.74, 6) is 0.524. The quantitative estimate of drug-likeness (QED) is 0.406. The summed E-state index contributed by atoms with van der Waals surface area (Å²) in [6.45, 7) is 5.06. The Labute approximate surface area is 120 Å². The Bertz CT molecular complexity index is 401. The smallest absolute Gasteiger partial charge is 0.330 e. The number of benzene rings is 1. The van der Waals surface area contributed by atoms with Gasteiger partial charge in [-0.05, 0) is 43.4 Å². The molecule has 4 heteroatoms. The standard InChI is InChI=1S/C16H23NO3/c1-2-16(18)20-12-6-4-3-5-11-19-15-9-7-14(13-17)8-10-15/h2,7-10H,1,3-6,11-13,17H2. The summed E-state index contributed by atoms with van der Waals surface area (Å²) in [6.07, 6.45) is 5.15. The Morgan fingerprint density at radius 3 is 2.35 bits per heavy atom. The third-order valence-corrected chi connectivity index (χ3v) is 2.88. The van der Waals surface area contributed by atoms with Crippen molar-refractivity contribution in [2.45, 2.75) is 32.2 Å². The number of carbonyl (C=O) groups excluding carboxylic acids is 1. The van der Waals surface area contributed by atoms with Gasteiger partial charge >= 0.3 is 5.97 Å². The molecule has 0 amide bonds. The van der Waals surface area contributed by atoms with Crippen LogP contribution in [0.4, 0.5) is 0 Å². The van der Waals surface area contributed by atoms with Crippen LogP contribution in [0.5, 0.6) is 5.75 Å². The maximum absolute atomic E-state index is 10.8. The third-order valence-electron chi connectivity index (χ3n) is 2.88. The molecule has 0 aliphatic heterocycles. The highest BCUT2D eigenvalue weighted by Crippen LogP contribution is 2.12. The van der Waals surface area contributed by atoms with Crippen LogP contribution in [0.25, 0.3) is 0 Å². The summed E-state index contributed by atoms with van der Waals surface area (Å²) < 4.78 is 10.5. The topological polar surface area (TPSA) is 61.5 Å². The molecule has 4 nitrogen and oxygen atoms in total. The minimum Gasteiger partial charge on any atom is -0.494 e. The Balaban J connectivity index is 1.99. The summed E-state index contributed by atoms with van der Waals surface area (Å²) in [6, 6.07) is 7.83. The van der Waals surface area contributed by atoms with Gasteiger partial charge in [0.15, 0.2) is 0 Å². The fraction of sp³-hybridized carbons (Fsp3) is 0.438. The number of hydrogen-bond donors (Lipinski definition) is 1. The molecule has 0 fully saturated rings. The van der Waals surface area contributed by atoms with Crippen LogP contribution in [0, 0.1) is 0 Å². The van der Waals surface area contributed by atoms with Gasteiger partial charge in [-0.1, -0.05) is 18.7 Å². The number of ether oxygens (including phenoxy) is 2. The van der Waals surface area contributed by atoms with Crippen molar-refractivity contribution >= 4 is 5.97 Å². The fourth-order valence-electron chi connectivity index (χ4n) is 1.70. The van der Waals surface area contributed by atoms with Crippen molar-refractivity contribution in [1.29, 1.82) is 0 Å². The number of hydrogen-bond acceptors (Lipinski definition) is 4. The van der Waals surface area contributed by atoms with Gasteiger partial charge < -0.3 is 15.2 Å². The summed E-state index contributed by atoms with van der Waals surface area (Å²) >= 11 is 0. The normalized spacial score (nSPS) is 10.1. The minimum atomic E-state index is -0.353. The zero-order valence-corrected chi connectivity index (χ0v) is 11.8.